The molecule has 0 saturated heterocycles. The molecule has 7 nitrogen and oxygen atoms in total. The second-order valence-corrected chi connectivity index (χ2v) is 8.81. The van der Waals surface area contributed by atoms with Crippen molar-refractivity contribution >= 4 is 40.7 Å². The van der Waals surface area contributed by atoms with Gasteiger partial charge in [0.05, 0.1) is 22.7 Å². The normalized spacial score (nSPS) is 14.8. The molecule has 176 valence electrons. The molecule has 35 heavy (non-hydrogen) atoms. The third-order valence-corrected chi connectivity index (χ3v) is 6.46. The summed E-state index contributed by atoms with van der Waals surface area (Å²) in [7, 11) is 1.61. The van der Waals surface area contributed by atoms with Crippen molar-refractivity contribution in [3.05, 3.63) is 99.7 Å². The first-order valence-electron chi connectivity index (χ1n) is 10.8. The SMILES string of the molecule is COc1cccc(C2C(C(=O)Nc3ccccc3)=C(C)Nc3nc(-c4ccc(Cl)c(Cl)c4)nn32)c1. The summed E-state index contributed by atoms with van der Waals surface area (Å²) >= 11 is 12.3. The topological polar surface area (TPSA) is 81.1 Å². The Morgan fingerprint density at radius 1 is 1.03 bits per heavy atom. The first-order chi connectivity index (χ1) is 16.9. The molecule has 0 radical (unpaired) electrons. The summed E-state index contributed by atoms with van der Waals surface area (Å²) in [4.78, 5) is 18.2. The number of hydrogen-bond donors (Lipinski definition) is 2. The van der Waals surface area contributed by atoms with Crippen LogP contribution < -0.4 is 15.4 Å². The van der Waals surface area contributed by atoms with E-state index < -0.39 is 6.04 Å². The van der Waals surface area contributed by atoms with Crippen molar-refractivity contribution in [3.63, 3.8) is 0 Å². The van der Waals surface area contributed by atoms with Gasteiger partial charge in [-0.2, -0.15) is 4.98 Å². The Morgan fingerprint density at radius 3 is 2.57 bits per heavy atom. The smallest absolute Gasteiger partial charge is 0.255 e. The lowest BCUT2D eigenvalue weighted by Gasteiger charge is -2.28. The van der Waals surface area contributed by atoms with Crippen molar-refractivity contribution < 1.29 is 9.53 Å². The minimum atomic E-state index is -0.547. The van der Waals surface area contributed by atoms with Crippen LogP contribution in [0.4, 0.5) is 11.6 Å². The average Bonchev–Trinajstić information content (AvgIpc) is 3.29. The highest BCUT2D eigenvalue weighted by Crippen LogP contribution is 2.38. The molecule has 3 aromatic carbocycles. The fraction of sp³-hybridized carbons (Fsp3) is 0.115. The predicted octanol–water partition coefficient (Wildman–Crippen LogP) is 6.19. The fourth-order valence-electron chi connectivity index (χ4n) is 4.04. The van der Waals surface area contributed by atoms with E-state index in [1.54, 1.807) is 30.0 Å². The number of carbonyl (C=O) groups excluding carboxylic acids is 1. The molecule has 1 aliphatic heterocycles. The van der Waals surface area contributed by atoms with Gasteiger partial charge >= 0.3 is 0 Å². The van der Waals surface area contributed by atoms with Crippen molar-refractivity contribution in [1.29, 1.82) is 0 Å². The zero-order chi connectivity index (χ0) is 24.5. The summed E-state index contributed by atoms with van der Waals surface area (Å²) in [6.07, 6.45) is 0. The second kappa shape index (κ2) is 9.44. The number of anilines is 2. The molecule has 1 amide bonds. The number of amides is 1. The largest absolute Gasteiger partial charge is 0.497 e. The van der Waals surface area contributed by atoms with Crippen LogP contribution in [0.1, 0.15) is 18.5 Å². The minimum absolute atomic E-state index is 0.244. The van der Waals surface area contributed by atoms with Gasteiger partial charge in [0.25, 0.3) is 5.91 Å². The number of benzene rings is 3. The molecule has 0 fully saturated rings. The Labute approximate surface area is 212 Å². The van der Waals surface area contributed by atoms with Crippen LogP contribution in [0.3, 0.4) is 0 Å². The number of halogens is 2. The van der Waals surface area contributed by atoms with E-state index >= 15 is 0 Å². The zero-order valence-electron chi connectivity index (χ0n) is 18.9. The van der Waals surface area contributed by atoms with Crippen LogP contribution in [-0.4, -0.2) is 27.8 Å². The molecule has 0 bridgehead atoms. The fourth-order valence-corrected chi connectivity index (χ4v) is 4.34. The minimum Gasteiger partial charge on any atom is -0.497 e. The van der Waals surface area contributed by atoms with Crippen LogP contribution >= 0.6 is 23.2 Å². The Kier molecular flexibility index (Phi) is 6.19. The molecule has 5 rings (SSSR count). The number of nitrogens with zero attached hydrogens (tertiary/aromatic N) is 3. The molecular formula is C26H21Cl2N5O2. The lowest BCUT2D eigenvalue weighted by molar-refractivity contribution is -0.113. The molecule has 9 heteroatoms. The van der Waals surface area contributed by atoms with E-state index in [0.29, 0.717) is 50.1 Å². The van der Waals surface area contributed by atoms with Crippen LogP contribution in [-0.2, 0) is 4.79 Å². The van der Waals surface area contributed by atoms with E-state index in [2.05, 4.69) is 15.6 Å². The molecule has 1 aliphatic rings. The van der Waals surface area contributed by atoms with Gasteiger partial charge in [-0.1, -0.05) is 53.5 Å². The Bertz CT molecular complexity index is 1450. The number of rotatable bonds is 5. The van der Waals surface area contributed by atoms with Crippen molar-refractivity contribution in [3.8, 4) is 17.1 Å². The van der Waals surface area contributed by atoms with Crippen LogP contribution in [0.15, 0.2) is 84.1 Å². The number of carbonyl (C=O) groups is 1. The maximum atomic E-state index is 13.6. The van der Waals surface area contributed by atoms with E-state index in [4.69, 9.17) is 33.0 Å². The Morgan fingerprint density at radius 2 is 1.83 bits per heavy atom. The highest BCUT2D eigenvalue weighted by molar-refractivity contribution is 6.42. The van der Waals surface area contributed by atoms with Crippen molar-refractivity contribution in [2.24, 2.45) is 0 Å². The summed E-state index contributed by atoms with van der Waals surface area (Å²) in [5.41, 5.74) is 3.42. The molecule has 2 heterocycles. The molecule has 2 N–H and O–H groups in total. The highest BCUT2D eigenvalue weighted by Gasteiger charge is 2.34. The van der Waals surface area contributed by atoms with E-state index in [1.165, 1.54) is 0 Å². The van der Waals surface area contributed by atoms with E-state index in [-0.39, 0.29) is 5.91 Å². The first-order valence-corrected chi connectivity index (χ1v) is 11.6. The van der Waals surface area contributed by atoms with Gasteiger partial charge < -0.3 is 15.4 Å². The van der Waals surface area contributed by atoms with Gasteiger partial charge in [-0.15, -0.1) is 5.10 Å². The van der Waals surface area contributed by atoms with E-state index in [1.807, 2.05) is 61.5 Å². The maximum absolute atomic E-state index is 13.6. The highest BCUT2D eigenvalue weighted by atomic mass is 35.5. The van der Waals surface area contributed by atoms with Crippen LogP contribution in [0.5, 0.6) is 5.75 Å². The number of ether oxygens (including phenoxy) is 1. The summed E-state index contributed by atoms with van der Waals surface area (Å²) in [6, 6.07) is 21.6. The lowest BCUT2D eigenvalue weighted by Crippen LogP contribution is -2.31. The number of aromatic nitrogens is 3. The molecule has 1 unspecified atom stereocenters. The van der Waals surface area contributed by atoms with Crippen LogP contribution in [0.25, 0.3) is 11.4 Å². The quantitative estimate of drug-likeness (QED) is 0.338. The molecule has 4 aromatic rings. The third kappa shape index (κ3) is 4.48. The second-order valence-electron chi connectivity index (χ2n) is 8.00. The van der Waals surface area contributed by atoms with Gasteiger partial charge in [0.1, 0.15) is 11.8 Å². The molecule has 0 saturated carbocycles. The zero-order valence-corrected chi connectivity index (χ0v) is 20.4. The van der Waals surface area contributed by atoms with E-state index in [0.717, 1.165) is 5.56 Å². The summed E-state index contributed by atoms with van der Waals surface area (Å²) in [5, 5.41) is 11.9. The molecule has 0 aliphatic carbocycles. The molecule has 1 atom stereocenters. The van der Waals surface area contributed by atoms with E-state index in [9.17, 15) is 4.79 Å². The van der Waals surface area contributed by atoms with Crippen LogP contribution in [0.2, 0.25) is 10.0 Å². The maximum Gasteiger partial charge on any atom is 0.255 e. The van der Waals surface area contributed by atoms with Gasteiger partial charge in [0, 0.05) is 16.9 Å². The number of nitrogens with one attached hydrogen (secondary N) is 2. The van der Waals surface area contributed by atoms with Gasteiger partial charge in [0.2, 0.25) is 5.95 Å². The first kappa shape index (κ1) is 23.0. The number of methoxy groups -OCH3 is 1. The number of fused-ring (bicyclic) bond motifs is 1. The molecule has 1 aromatic heterocycles. The number of allylic oxidation sites excluding steroid dienone is 1. The third-order valence-electron chi connectivity index (χ3n) is 5.72. The lowest BCUT2D eigenvalue weighted by atomic mass is 9.95. The van der Waals surface area contributed by atoms with Crippen LogP contribution in [0, 0.1) is 0 Å². The predicted molar refractivity (Wildman–Crippen MR) is 138 cm³/mol. The Hall–Kier alpha value is -3.81. The van der Waals surface area contributed by atoms with Gasteiger partial charge in [-0.05, 0) is 55.0 Å². The summed E-state index contributed by atoms with van der Waals surface area (Å²) in [5.74, 6) is 1.39. The van der Waals surface area contributed by atoms with Gasteiger partial charge in [-0.3, -0.25) is 4.79 Å². The molecule has 0 spiro atoms. The van der Waals surface area contributed by atoms with Crippen molar-refractivity contribution in [1.82, 2.24) is 14.8 Å². The number of hydrogen-bond acceptors (Lipinski definition) is 5. The summed E-state index contributed by atoms with van der Waals surface area (Å²) in [6.45, 7) is 1.85. The average molecular weight is 506 g/mol. The Balaban J connectivity index is 1.62. The van der Waals surface area contributed by atoms with Crippen molar-refractivity contribution in [2.75, 3.05) is 17.7 Å². The molecular weight excluding hydrogens is 485 g/mol. The number of para-hydroxylation sites is 1. The van der Waals surface area contributed by atoms with Gasteiger partial charge in [-0.25, -0.2) is 4.68 Å². The van der Waals surface area contributed by atoms with Gasteiger partial charge in [0.15, 0.2) is 5.82 Å². The van der Waals surface area contributed by atoms with Crippen molar-refractivity contribution in [2.45, 2.75) is 13.0 Å². The standard InChI is InChI=1S/C26H21Cl2N5O2/c1-15-22(25(34)30-18-8-4-3-5-9-18)23(16-7-6-10-19(13-16)35-2)33-26(29-15)31-24(32-33)17-11-12-20(27)21(28)14-17/h3-14,23H,1-2H3,(H,30,34)(H,29,31,32). The summed E-state index contributed by atoms with van der Waals surface area (Å²) < 4.78 is 7.15. The monoisotopic (exact) mass is 505 g/mol.